The number of carbonyl (C=O) groups is 2. The summed E-state index contributed by atoms with van der Waals surface area (Å²) in [6, 6.07) is 2.18. The van der Waals surface area contributed by atoms with Crippen molar-refractivity contribution >= 4 is 12.0 Å². The van der Waals surface area contributed by atoms with Gasteiger partial charge in [0.15, 0.2) is 0 Å². The van der Waals surface area contributed by atoms with Gasteiger partial charge in [-0.15, -0.1) is 0 Å². The molecule has 0 aromatic heterocycles. The molecule has 1 rings (SSSR count). The van der Waals surface area contributed by atoms with E-state index in [9.17, 15) is 14.9 Å². The van der Waals surface area contributed by atoms with Crippen LogP contribution in [0.3, 0.4) is 0 Å². The normalized spacial score (nSPS) is 18.6. The van der Waals surface area contributed by atoms with Crippen LogP contribution in [0.2, 0.25) is 0 Å². The number of hydrogen-bond acceptors (Lipinski definition) is 4. The Kier molecular flexibility index (Phi) is 6.25. The Bertz CT molecular complexity index is 386. The van der Waals surface area contributed by atoms with Crippen LogP contribution in [-0.2, 0) is 9.53 Å². The maximum Gasteiger partial charge on any atom is 0.404 e. The largest absolute Gasteiger partial charge is 0.465 e. The fourth-order valence-electron chi connectivity index (χ4n) is 2.15. The van der Waals surface area contributed by atoms with Crippen molar-refractivity contribution in [3.63, 3.8) is 0 Å². The molecule has 0 aromatic carbocycles. The average Bonchev–Trinajstić information content (AvgIpc) is 2.39. The van der Waals surface area contributed by atoms with Crippen LogP contribution < -0.4 is 10.6 Å². The van der Waals surface area contributed by atoms with Gasteiger partial charge in [-0.05, 0) is 12.3 Å². The third-order valence-corrected chi connectivity index (χ3v) is 3.39. The van der Waals surface area contributed by atoms with E-state index in [4.69, 9.17) is 9.84 Å². The quantitative estimate of drug-likeness (QED) is 0.669. The molecule has 0 saturated carbocycles. The number of carboxylic acid groups (broad SMARTS) is 1. The molecule has 1 fully saturated rings. The second kappa shape index (κ2) is 7.70. The fraction of sp³-hybridized carbons (Fsp3) is 0.769. The van der Waals surface area contributed by atoms with E-state index in [1.807, 2.05) is 6.92 Å². The highest BCUT2D eigenvalue weighted by molar-refractivity contribution is 5.77. The first-order valence-corrected chi connectivity index (χ1v) is 6.74. The summed E-state index contributed by atoms with van der Waals surface area (Å²) in [4.78, 5) is 22.3. The standard InChI is InChI=1S/C13H21N3O4/c1-10(2-5-15-12(18)19)8-11(17)16-13(9-14)3-6-20-7-4-13/h10,15H,2-8H2,1H3,(H,16,17)(H,18,19). The van der Waals surface area contributed by atoms with Crippen molar-refractivity contribution in [3.8, 4) is 6.07 Å². The molecular weight excluding hydrogens is 262 g/mol. The predicted molar refractivity (Wildman–Crippen MR) is 71.0 cm³/mol. The molecule has 20 heavy (non-hydrogen) atoms. The third-order valence-electron chi connectivity index (χ3n) is 3.39. The predicted octanol–water partition coefficient (Wildman–Crippen LogP) is 0.859. The second-order valence-corrected chi connectivity index (χ2v) is 5.18. The SMILES string of the molecule is CC(CCNC(=O)O)CC(=O)NC1(C#N)CCOCC1. The molecule has 1 heterocycles. The highest BCUT2D eigenvalue weighted by Crippen LogP contribution is 2.20. The first-order chi connectivity index (χ1) is 9.47. The zero-order valence-electron chi connectivity index (χ0n) is 11.6. The Morgan fingerprint density at radius 2 is 2.10 bits per heavy atom. The van der Waals surface area contributed by atoms with Crippen molar-refractivity contribution in [1.82, 2.24) is 10.6 Å². The lowest BCUT2D eigenvalue weighted by Crippen LogP contribution is -2.51. The summed E-state index contributed by atoms with van der Waals surface area (Å²) in [6.45, 7) is 3.16. The number of rotatable bonds is 6. The number of amides is 2. The molecule has 1 aliphatic rings. The Labute approximate surface area is 118 Å². The molecule has 3 N–H and O–H groups in total. The Balaban J connectivity index is 2.34. The highest BCUT2D eigenvalue weighted by atomic mass is 16.5. The minimum atomic E-state index is -1.06. The van der Waals surface area contributed by atoms with Crippen molar-refractivity contribution in [1.29, 1.82) is 5.26 Å². The van der Waals surface area contributed by atoms with Gasteiger partial charge in [-0.3, -0.25) is 4.79 Å². The van der Waals surface area contributed by atoms with Crippen molar-refractivity contribution < 1.29 is 19.4 Å². The fourth-order valence-corrected chi connectivity index (χ4v) is 2.15. The number of hydrogen-bond donors (Lipinski definition) is 3. The lowest BCUT2D eigenvalue weighted by molar-refractivity contribution is -0.124. The van der Waals surface area contributed by atoms with Gasteiger partial charge in [0.05, 0.1) is 6.07 Å². The molecule has 7 heteroatoms. The van der Waals surface area contributed by atoms with Gasteiger partial charge in [0.2, 0.25) is 5.91 Å². The Hall–Kier alpha value is -1.81. The molecule has 7 nitrogen and oxygen atoms in total. The van der Waals surface area contributed by atoms with Crippen LogP contribution in [0.25, 0.3) is 0 Å². The minimum absolute atomic E-state index is 0.0532. The van der Waals surface area contributed by atoms with E-state index < -0.39 is 11.6 Å². The summed E-state index contributed by atoms with van der Waals surface area (Å²) in [6.07, 6.45) is 0.815. The lowest BCUT2D eigenvalue weighted by atomic mass is 9.91. The average molecular weight is 283 g/mol. The van der Waals surface area contributed by atoms with Gasteiger partial charge in [0, 0.05) is 39.0 Å². The lowest BCUT2D eigenvalue weighted by Gasteiger charge is -2.31. The molecule has 0 spiro atoms. The van der Waals surface area contributed by atoms with E-state index in [-0.39, 0.29) is 18.2 Å². The number of ether oxygens (including phenoxy) is 1. The van der Waals surface area contributed by atoms with E-state index >= 15 is 0 Å². The van der Waals surface area contributed by atoms with Crippen LogP contribution in [0.15, 0.2) is 0 Å². The van der Waals surface area contributed by atoms with E-state index in [0.29, 0.717) is 39.0 Å². The van der Waals surface area contributed by atoms with Gasteiger partial charge in [-0.25, -0.2) is 4.79 Å². The van der Waals surface area contributed by atoms with Crippen LogP contribution in [-0.4, -0.2) is 42.4 Å². The molecule has 0 radical (unpaired) electrons. The first-order valence-electron chi connectivity index (χ1n) is 6.74. The van der Waals surface area contributed by atoms with Crippen LogP contribution in [0.1, 0.15) is 32.6 Å². The summed E-state index contributed by atoms with van der Waals surface area (Å²) >= 11 is 0. The summed E-state index contributed by atoms with van der Waals surface area (Å²) in [5, 5.41) is 22.7. The van der Waals surface area contributed by atoms with Gasteiger partial charge in [-0.1, -0.05) is 6.92 Å². The van der Waals surface area contributed by atoms with Crippen molar-refractivity contribution in [3.05, 3.63) is 0 Å². The van der Waals surface area contributed by atoms with Gasteiger partial charge in [0.25, 0.3) is 0 Å². The van der Waals surface area contributed by atoms with Gasteiger partial charge in [0.1, 0.15) is 5.54 Å². The number of nitrogens with zero attached hydrogens (tertiary/aromatic N) is 1. The second-order valence-electron chi connectivity index (χ2n) is 5.18. The van der Waals surface area contributed by atoms with Gasteiger partial charge >= 0.3 is 6.09 Å². The first kappa shape index (κ1) is 16.2. The number of carbonyl (C=O) groups excluding carboxylic acids is 1. The Morgan fingerprint density at radius 3 is 2.65 bits per heavy atom. The molecule has 0 aliphatic carbocycles. The molecule has 2 amide bonds. The number of nitriles is 1. The summed E-state index contributed by atoms with van der Waals surface area (Å²) in [7, 11) is 0. The van der Waals surface area contributed by atoms with E-state index in [1.54, 1.807) is 0 Å². The van der Waals surface area contributed by atoms with Crippen LogP contribution >= 0.6 is 0 Å². The maximum atomic E-state index is 11.9. The van der Waals surface area contributed by atoms with Crippen molar-refractivity contribution in [2.24, 2.45) is 5.92 Å². The topological polar surface area (TPSA) is 111 Å². The zero-order chi connectivity index (χ0) is 15.0. The van der Waals surface area contributed by atoms with E-state index in [0.717, 1.165) is 0 Å². The molecule has 1 unspecified atom stereocenters. The zero-order valence-corrected chi connectivity index (χ0v) is 11.6. The molecule has 1 aliphatic heterocycles. The molecule has 1 saturated heterocycles. The summed E-state index contributed by atoms with van der Waals surface area (Å²) in [5.41, 5.74) is -0.811. The monoisotopic (exact) mass is 283 g/mol. The highest BCUT2D eigenvalue weighted by Gasteiger charge is 2.34. The molecule has 1 atom stereocenters. The minimum Gasteiger partial charge on any atom is -0.465 e. The van der Waals surface area contributed by atoms with Gasteiger partial charge < -0.3 is 20.5 Å². The van der Waals surface area contributed by atoms with Crippen molar-refractivity contribution in [2.75, 3.05) is 19.8 Å². The van der Waals surface area contributed by atoms with Crippen LogP contribution in [0.5, 0.6) is 0 Å². The molecule has 0 bridgehead atoms. The van der Waals surface area contributed by atoms with E-state index in [1.165, 1.54) is 0 Å². The molecule has 112 valence electrons. The van der Waals surface area contributed by atoms with Crippen LogP contribution in [0, 0.1) is 17.2 Å². The summed E-state index contributed by atoms with van der Waals surface area (Å²) in [5.74, 6) is -0.117. The smallest absolute Gasteiger partial charge is 0.404 e. The maximum absolute atomic E-state index is 11.9. The molecule has 0 aromatic rings. The number of nitrogens with one attached hydrogen (secondary N) is 2. The van der Waals surface area contributed by atoms with Crippen LogP contribution in [0.4, 0.5) is 4.79 Å². The third kappa shape index (κ3) is 5.45. The molecular formula is C13H21N3O4. The van der Waals surface area contributed by atoms with E-state index in [2.05, 4.69) is 16.7 Å². The van der Waals surface area contributed by atoms with Crippen molar-refractivity contribution in [2.45, 2.75) is 38.1 Å². The van der Waals surface area contributed by atoms with Gasteiger partial charge in [-0.2, -0.15) is 5.26 Å². The summed E-state index contributed by atoms with van der Waals surface area (Å²) < 4.78 is 5.20. The Morgan fingerprint density at radius 1 is 1.45 bits per heavy atom.